The number of aromatic nitrogens is 2. The van der Waals surface area contributed by atoms with Crippen LogP contribution in [0.3, 0.4) is 0 Å². The van der Waals surface area contributed by atoms with E-state index in [1.54, 1.807) is 0 Å². The summed E-state index contributed by atoms with van der Waals surface area (Å²) in [5, 5.41) is 3.69. The predicted molar refractivity (Wildman–Crippen MR) is 96.2 cm³/mol. The number of ether oxygens (including phenoxy) is 1. The minimum absolute atomic E-state index is 0.00708. The van der Waals surface area contributed by atoms with Gasteiger partial charge in [0, 0.05) is 30.2 Å². The van der Waals surface area contributed by atoms with Crippen molar-refractivity contribution in [2.75, 3.05) is 19.7 Å². The normalized spacial score (nSPS) is 25.7. The van der Waals surface area contributed by atoms with E-state index in [1.165, 1.54) is 6.20 Å². The standard InChI is InChI=1S/C18H19ClN4O3/c19-12-3-1-11(2-4-12)16-9-23-8-13(5-14(23)10-26-16)21-18(25)15-6-20-7-17(24)22-15/h1-4,6-7,13-14,16H,5,8-10H2,(H,21,25)(H,22,24)/t13-,14+,16-/m1/s1. The molecule has 0 aliphatic carbocycles. The summed E-state index contributed by atoms with van der Waals surface area (Å²) in [6.45, 7) is 2.17. The number of aromatic amines is 1. The highest BCUT2D eigenvalue weighted by Gasteiger charge is 2.38. The highest BCUT2D eigenvalue weighted by molar-refractivity contribution is 6.30. The summed E-state index contributed by atoms with van der Waals surface area (Å²) in [5.41, 5.74) is 0.895. The fourth-order valence-electron chi connectivity index (χ4n) is 3.61. The van der Waals surface area contributed by atoms with Crippen molar-refractivity contribution in [3.8, 4) is 0 Å². The maximum absolute atomic E-state index is 12.3. The lowest BCUT2D eigenvalue weighted by Crippen LogP contribution is -2.43. The first kappa shape index (κ1) is 17.2. The van der Waals surface area contributed by atoms with E-state index >= 15 is 0 Å². The number of benzene rings is 1. The van der Waals surface area contributed by atoms with Crippen LogP contribution in [0.4, 0.5) is 0 Å². The summed E-state index contributed by atoms with van der Waals surface area (Å²) < 4.78 is 6.02. The minimum Gasteiger partial charge on any atom is -0.371 e. The minimum atomic E-state index is -0.388. The van der Waals surface area contributed by atoms with Crippen molar-refractivity contribution in [2.24, 2.45) is 0 Å². The Morgan fingerprint density at radius 1 is 1.27 bits per heavy atom. The number of rotatable bonds is 3. The molecule has 0 unspecified atom stereocenters. The van der Waals surface area contributed by atoms with E-state index in [-0.39, 0.29) is 35.3 Å². The molecule has 0 radical (unpaired) electrons. The van der Waals surface area contributed by atoms with E-state index in [2.05, 4.69) is 20.2 Å². The smallest absolute Gasteiger partial charge is 0.269 e. The van der Waals surface area contributed by atoms with Crippen LogP contribution in [0.5, 0.6) is 0 Å². The molecule has 2 aliphatic rings. The van der Waals surface area contributed by atoms with Gasteiger partial charge >= 0.3 is 0 Å². The van der Waals surface area contributed by atoms with Gasteiger partial charge in [0.15, 0.2) is 0 Å². The van der Waals surface area contributed by atoms with Crippen LogP contribution in [0.2, 0.25) is 5.02 Å². The monoisotopic (exact) mass is 374 g/mol. The number of hydrogen-bond donors (Lipinski definition) is 2. The molecule has 0 bridgehead atoms. The van der Waals surface area contributed by atoms with Crippen LogP contribution in [-0.4, -0.2) is 52.6 Å². The van der Waals surface area contributed by atoms with Gasteiger partial charge in [0.2, 0.25) is 0 Å². The third-order valence-corrected chi connectivity index (χ3v) is 5.14. The van der Waals surface area contributed by atoms with Crippen molar-refractivity contribution in [1.82, 2.24) is 20.2 Å². The number of fused-ring (bicyclic) bond motifs is 1. The quantitative estimate of drug-likeness (QED) is 0.847. The number of nitrogens with zero attached hydrogens (tertiary/aromatic N) is 2. The second kappa shape index (κ2) is 7.19. The van der Waals surface area contributed by atoms with Crippen LogP contribution >= 0.6 is 11.6 Å². The van der Waals surface area contributed by atoms with Crippen LogP contribution in [0.25, 0.3) is 0 Å². The summed E-state index contributed by atoms with van der Waals surface area (Å²) in [6.07, 6.45) is 3.33. The molecule has 3 atom stereocenters. The zero-order chi connectivity index (χ0) is 18.1. The topological polar surface area (TPSA) is 87.3 Å². The highest BCUT2D eigenvalue weighted by atomic mass is 35.5. The van der Waals surface area contributed by atoms with E-state index in [0.29, 0.717) is 11.6 Å². The molecular formula is C18H19ClN4O3. The molecule has 2 aliphatic heterocycles. The summed E-state index contributed by atoms with van der Waals surface area (Å²) in [6, 6.07) is 8.02. The number of hydrogen-bond acceptors (Lipinski definition) is 5. The number of carbonyl (C=O) groups excluding carboxylic acids is 1. The van der Waals surface area contributed by atoms with E-state index in [4.69, 9.17) is 16.3 Å². The third kappa shape index (κ3) is 3.65. The van der Waals surface area contributed by atoms with Crippen molar-refractivity contribution in [3.63, 3.8) is 0 Å². The maximum Gasteiger partial charge on any atom is 0.269 e. The largest absolute Gasteiger partial charge is 0.371 e. The predicted octanol–water partition coefficient (Wildman–Crippen LogP) is 1.37. The number of nitrogens with one attached hydrogen (secondary N) is 2. The SMILES string of the molecule is O=C(N[C@@H]1C[C@H]2CO[C@@H](c3ccc(Cl)cc3)CN2C1)c1cncc(=O)[nH]1. The molecule has 2 saturated heterocycles. The van der Waals surface area contributed by atoms with E-state index in [0.717, 1.165) is 31.3 Å². The van der Waals surface area contributed by atoms with Gasteiger partial charge in [-0.1, -0.05) is 23.7 Å². The Bertz CT molecular complexity index is 854. The first-order valence-corrected chi connectivity index (χ1v) is 8.92. The van der Waals surface area contributed by atoms with Crippen molar-refractivity contribution in [3.05, 3.63) is 63.3 Å². The van der Waals surface area contributed by atoms with Crippen LogP contribution in [0.15, 0.2) is 41.5 Å². The average Bonchev–Trinajstić information content (AvgIpc) is 3.03. The zero-order valence-corrected chi connectivity index (χ0v) is 14.8. The fourth-order valence-corrected chi connectivity index (χ4v) is 3.74. The van der Waals surface area contributed by atoms with E-state index < -0.39 is 0 Å². The Morgan fingerprint density at radius 2 is 2.08 bits per heavy atom. The van der Waals surface area contributed by atoms with Gasteiger partial charge in [-0.25, -0.2) is 0 Å². The summed E-state index contributed by atoms with van der Waals surface area (Å²) in [7, 11) is 0. The van der Waals surface area contributed by atoms with Crippen molar-refractivity contribution in [1.29, 1.82) is 0 Å². The Kier molecular flexibility index (Phi) is 4.76. The van der Waals surface area contributed by atoms with Crippen LogP contribution in [0, 0.1) is 0 Å². The lowest BCUT2D eigenvalue weighted by Gasteiger charge is -2.35. The number of morpholine rings is 1. The van der Waals surface area contributed by atoms with Crippen molar-refractivity contribution >= 4 is 17.5 Å². The second-order valence-corrected chi connectivity index (χ2v) is 7.13. The van der Waals surface area contributed by atoms with Gasteiger partial charge in [-0.2, -0.15) is 0 Å². The number of halogens is 1. The molecule has 2 fully saturated rings. The molecule has 0 spiro atoms. The molecule has 2 N–H and O–H groups in total. The lowest BCUT2D eigenvalue weighted by molar-refractivity contribution is -0.0502. The molecule has 0 saturated carbocycles. The first-order chi connectivity index (χ1) is 12.6. The molecule has 2 aromatic rings. The summed E-state index contributed by atoms with van der Waals surface area (Å²) >= 11 is 5.95. The molecule has 1 aromatic carbocycles. The molecule has 1 amide bonds. The fraction of sp³-hybridized carbons (Fsp3) is 0.389. The van der Waals surface area contributed by atoms with Crippen LogP contribution in [-0.2, 0) is 4.74 Å². The van der Waals surface area contributed by atoms with Gasteiger partial charge in [-0.05, 0) is 24.1 Å². The molecule has 7 nitrogen and oxygen atoms in total. The van der Waals surface area contributed by atoms with Crippen LogP contribution in [0.1, 0.15) is 28.6 Å². The Hall–Kier alpha value is -2.22. The van der Waals surface area contributed by atoms with Gasteiger partial charge in [0.1, 0.15) is 5.69 Å². The summed E-state index contributed by atoms with van der Waals surface area (Å²) in [5.74, 6) is -0.310. The van der Waals surface area contributed by atoms with E-state index in [1.807, 2.05) is 24.3 Å². The third-order valence-electron chi connectivity index (χ3n) is 4.89. The Morgan fingerprint density at radius 3 is 2.85 bits per heavy atom. The molecule has 4 rings (SSSR count). The molecule has 3 heterocycles. The second-order valence-electron chi connectivity index (χ2n) is 6.70. The number of H-pyrrole nitrogens is 1. The first-order valence-electron chi connectivity index (χ1n) is 8.55. The van der Waals surface area contributed by atoms with Gasteiger partial charge in [-0.15, -0.1) is 0 Å². The summed E-state index contributed by atoms with van der Waals surface area (Å²) in [4.78, 5) is 32.2. The van der Waals surface area contributed by atoms with Gasteiger partial charge in [-0.3, -0.25) is 19.5 Å². The molecule has 1 aromatic heterocycles. The van der Waals surface area contributed by atoms with Gasteiger partial charge < -0.3 is 15.0 Å². The molecule has 26 heavy (non-hydrogen) atoms. The Balaban J connectivity index is 1.38. The Labute approximate surface area is 155 Å². The average molecular weight is 375 g/mol. The molecular weight excluding hydrogens is 356 g/mol. The van der Waals surface area contributed by atoms with Crippen LogP contribution < -0.4 is 10.9 Å². The van der Waals surface area contributed by atoms with Crippen molar-refractivity contribution < 1.29 is 9.53 Å². The lowest BCUT2D eigenvalue weighted by atomic mass is 10.1. The number of carbonyl (C=O) groups is 1. The number of amides is 1. The zero-order valence-electron chi connectivity index (χ0n) is 14.0. The van der Waals surface area contributed by atoms with E-state index in [9.17, 15) is 9.59 Å². The highest BCUT2D eigenvalue weighted by Crippen LogP contribution is 2.30. The van der Waals surface area contributed by atoms with Crippen molar-refractivity contribution in [2.45, 2.75) is 24.6 Å². The molecule has 8 heteroatoms. The van der Waals surface area contributed by atoms with Gasteiger partial charge in [0.25, 0.3) is 11.5 Å². The maximum atomic E-state index is 12.3. The van der Waals surface area contributed by atoms with Gasteiger partial charge in [0.05, 0.1) is 25.1 Å². The molecule has 136 valence electrons.